The smallest absolute Gasteiger partial charge is 0.306 e. The van der Waals surface area contributed by atoms with Gasteiger partial charge >= 0.3 is 17.9 Å². The molecule has 1 unspecified atom stereocenters. The van der Waals surface area contributed by atoms with E-state index in [1.807, 2.05) is 0 Å². The summed E-state index contributed by atoms with van der Waals surface area (Å²) < 4.78 is 16.8. The molecule has 0 spiro atoms. The predicted octanol–water partition coefficient (Wildman–Crippen LogP) is 23.7. The fraction of sp³-hybridized carbons (Fsp3) is 0.671. The SMILES string of the molecule is CC/C=C\C/C=C\C/C=C\C/C=C\C/C=C\C/C=C\CCCCCCCCCCCCCCCCCCC(=O)OCC(COC(=O)CCCCCCCC)OC(=O)CCCCCCCCC/C=C\C/C=C\C/C=C\C/C=C\C/C=C\CC. The second kappa shape index (κ2) is 69.0. The molecule has 1 atom stereocenters. The van der Waals surface area contributed by atoms with Crippen LogP contribution in [0.5, 0.6) is 0 Å². The van der Waals surface area contributed by atoms with E-state index >= 15 is 0 Å². The Morgan fingerprint density at radius 1 is 0.256 bits per heavy atom. The van der Waals surface area contributed by atoms with Gasteiger partial charge in [-0.2, -0.15) is 0 Å². The highest BCUT2D eigenvalue weighted by molar-refractivity contribution is 5.71. The van der Waals surface area contributed by atoms with Crippen LogP contribution in [0.15, 0.2) is 134 Å². The number of hydrogen-bond donors (Lipinski definition) is 0. The van der Waals surface area contributed by atoms with E-state index in [2.05, 4.69) is 154 Å². The van der Waals surface area contributed by atoms with Crippen LogP contribution >= 0.6 is 0 Å². The van der Waals surface area contributed by atoms with Crippen molar-refractivity contribution < 1.29 is 28.6 Å². The summed E-state index contributed by atoms with van der Waals surface area (Å²) in [7, 11) is 0. The van der Waals surface area contributed by atoms with E-state index in [-0.39, 0.29) is 31.1 Å². The van der Waals surface area contributed by atoms with E-state index < -0.39 is 6.10 Å². The Balaban J connectivity index is 4.04. The highest BCUT2D eigenvalue weighted by Gasteiger charge is 2.19. The molecule has 0 rings (SSSR count). The standard InChI is InChI=1S/C76H126O6/c1-4-7-10-13-16-18-20-22-24-26-28-30-32-33-34-35-36-37-38-39-40-41-42-43-45-46-48-50-52-54-56-58-60-63-66-69-75(78)81-72-73(71-80-74(77)68-65-62-15-12-9-6-3)82-76(79)70-67-64-61-59-57-55-53-51-49-47-44-31-29-27-25-23-21-19-17-14-11-8-5-2/h7-8,10-11,16-19,22-25,28-31,33-34,36-37,47,49,73H,4-6,9,12-15,20-21,26-27,32,35,38-46,48,50-72H2,1-3H3/b10-7-,11-8-,18-16-,19-17-,24-22-,25-23-,30-28-,31-29-,34-33-,37-36-,49-47-. The number of carbonyl (C=O) groups excluding carboxylic acids is 3. The first-order chi connectivity index (χ1) is 40.5. The minimum Gasteiger partial charge on any atom is -0.462 e. The summed E-state index contributed by atoms with van der Waals surface area (Å²) >= 11 is 0. The Kier molecular flexibility index (Phi) is 65.3. The number of unbranched alkanes of at least 4 members (excludes halogenated alkanes) is 28. The molecule has 6 heteroatoms. The third-order valence-corrected chi connectivity index (χ3v) is 14.4. The van der Waals surface area contributed by atoms with Crippen molar-refractivity contribution in [3.8, 4) is 0 Å². The normalized spacial score (nSPS) is 13.0. The van der Waals surface area contributed by atoms with Crippen LogP contribution in [0.1, 0.15) is 310 Å². The van der Waals surface area contributed by atoms with Crippen LogP contribution in [0.3, 0.4) is 0 Å². The van der Waals surface area contributed by atoms with Crippen LogP contribution in [-0.4, -0.2) is 37.2 Å². The lowest BCUT2D eigenvalue weighted by Gasteiger charge is -2.18. The van der Waals surface area contributed by atoms with Gasteiger partial charge in [-0.1, -0.05) is 309 Å². The Labute approximate surface area is 506 Å². The first-order valence-electron chi connectivity index (χ1n) is 34.2. The second-order valence-corrected chi connectivity index (χ2v) is 22.3. The fourth-order valence-electron chi connectivity index (χ4n) is 9.36. The Bertz CT molecular complexity index is 1730. The maximum absolute atomic E-state index is 12.9. The summed E-state index contributed by atoms with van der Waals surface area (Å²) in [6.45, 7) is 6.36. The topological polar surface area (TPSA) is 78.9 Å². The molecule has 6 nitrogen and oxygen atoms in total. The lowest BCUT2D eigenvalue weighted by Crippen LogP contribution is -2.30. The van der Waals surface area contributed by atoms with Crippen LogP contribution < -0.4 is 0 Å². The van der Waals surface area contributed by atoms with Gasteiger partial charge in [0, 0.05) is 19.3 Å². The summed E-state index contributed by atoms with van der Waals surface area (Å²) in [4.78, 5) is 38.1. The van der Waals surface area contributed by atoms with E-state index in [4.69, 9.17) is 14.2 Å². The number of esters is 3. The number of rotatable bonds is 61. The van der Waals surface area contributed by atoms with Gasteiger partial charge in [0.25, 0.3) is 0 Å². The highest BCUT2D eigenvalue weighted by Crippen LogP contribution is 2.16. The average Bonchev–Trinajstić information content (AvgIpc) is 3.47. The maximum atomic E-state index is 12.9. The molecule has 0 amide bonds. The lowest BCUT2D eigenvalue weighted by atomic mass is 10.0. The highest BCUT2D eigenvalue weighted by atomic mass is 16.6. The van der Waals surface area contributed by atoms with Crippen molar-refractivity contribution in [3.05, 3.63) is 134 Å². The van der Waals surface area contributed by atoms with Crippen molar-refractivity contribution in [1.82, 2.24) is 0 Å². The van der Waals surface area contributed by atoms with Gasteiger partial charge in [0.1, 0.15) is 13.2 Å². The van der Waals surface area contributed by atoms with Gasteiger partial charge in [0.15, 0.2) is 6.10 Å². The molecule has 0 aliphatic heterocycles. The minimum atomic E-state index is -0.784. The third kappa shape index (κ3) is 66.4. The summed E-state index contributed by atoms with van der Waals surface area (Å²) in [5.41, 5.74) is 0. The molecule has 0 aromatic heterocycles. The van der Waals surface area contributed by atoms with Gasteiger partial charge in [0.05, 0.1) is 0 Å². The van der Waals surface area contributed by atoms with E-state index in [9.17, 15) is 14.4 Å². The first kappa shape index (κ1) is 77.5. The quantitative estimate of drug-likeness (QED) is 0.0261. The Hall–Kier alpha value is -4.45. The molecular formula is C76H126O6. The molecule has 0 saturated carbocycles. The van der Waals surface area contributed by atoms with Crippen LogP contribution in [0, 0.1) is 0 Å². The van der Waals surface area contributed by atoms with E-state index in [1.165, 1.54) is 135 Å². The van der Waals surface area contributed by atoms with E-state index in [1.54, 1.807) is 0 Å². The molecule has 0 aliphatic carbocycles. The first-order valence-corrected chi connectivity index (χ1v) is 34.2. The van der Waals surface area contributed by atoms with Crippen LogP contribution in [0.25, 0.3) is 0 Å². The molecule has 0 N–H and O–H groups in total. The van der Waals surface area contributed by atoms with Crippen molar-refractivity contribution in [2.45, 2.75) is 316 Å². The lowest BCUT2D eigenvalue weighted by molar-refractivity contribution is -0.167. The van der Waals surface area contributed by atoms with Crippen molar-refractivity contribution in [1.29, 1.82) is 0 Å². The van der Waals surface area contributed by atoms with Crippen LogP contribution in [0.2, 0.25) is 0 Å². The van der Waals surface area contributed by atoms with E-state index in [0.29, 0.717) is 19.3 Å². The molecule has 0 heterocycles. The summed E-state index contributed by atoms with van der Waals surface area (Å²) in [6.07, 6.45) is 98.0. The molecule has 0 aromatic carbocycles. The van der Waals surface area contributed by atoms with Gasteiger partial charge in [-0.15, -0.1) is 0 Å². The zero-order valence-corrected chi connectivity index (χ0v) is 53.5. The molecule has 0 fully saturated rings. The van der Waals surface area contributed by atoms with Gasteiger partial charge < -0.3 is 14.2 Å². The Morgan fingerprint density at radius 3 is 0.744 bits per heavy atom. The molecule has 0 aromatic rings. The predicted molar refractivity (Wildman–Crippen MR) is 357 cm³/mol. The van der Waals surface area contributed by atoms with Crippen molar-refractivity contribution in [2.24, 2.45) is 0 Å². The molecule has 0 bridgehead atoms. The zero-order valence-electron chi connectivity index (χ0n) is 53.5. The zero-order chi connectivity index (χ0) is 59.2. The summed E-state index contributed by atoms with van der Waals surface area (Å²) in [5.74, 6) is -0.897. The number of hydrogen-bond acceptors (Lipinski definition) is 6. The molecule has 0 saturated heterocycles. The Morgan fingerprint density at radius 2 is 0.476 bits per heavy atom. The summed E-state index contributed by atoms with van der Waals surface area (Å²) in [6, 6.07) is 0. The van der Waals surface area contributed by atoms with E-state index in [0.717, 1.165) is 135 Å². The third-order valence-electron chi connectivity index (χ3n) is 14.4. The largest absolute Gasteiger partial charge is 0.462 e. The van der Waals surface area contributed by atoms with Crippen LogP contribution in [0.4, 0.5) is 0 Å². The van der Waals surface area contributed by atoms with Gasteiger partial charge in [0.2, 0.25) is 0 Å². The second-order valence-electron chi connectivity index (χ2n) is 22.3. The minimum absolute atomic E-state index is 0.0825. The maximum Gasteiger partial charge on any atom is 0.306 e. The number of carbonyl (C=O) groups is 3. The average molecular weight is 1140 g/mol. The molecular weight excluding hydrogens is 1010 g/mol. The van der Waals surface area contributed by atoms with Gasteiger partial charge in [-0.3, -0.25) is 14.4 Å². The van der Waals surface area contributed by atoms with Crippen molar-refractivity contribution in [3.63, 3.8) is 0 Å². The monoisotopic (exact) mass is 1130 g/mol. The molecule has 0 aliphatic rings. The molecule has 0 radical (unpaired) electrons. The van der Waals surface area contributed by atoms with Crippen molar-refractivity contribution >= 4 is 17.9 Å². The molecule has 82 heavy (non-hydrogen) atoms. The number of allylic oxidation sites excluding steroid dienone is 22. The van der Waals surface area contributed by atoms with Gasteiger partial charge in [-0.05, 0) is 116 Å². The fourth-order valence-corrected chi connectivity index (χ4v) is 9.36. The van der Waals surface area contributed by atoms with Gasteiger partial charge in [-0.25, -0.2) is 0 Å². The van der Waals surface area contributed by atoms with Crippen molar-refractivity contribution in [2.75, 3.05) is 13.2 Å². The number of ether oxygens (including phenoxy) is 3. The van der Waals surface area contributed by atoms with Crippen LogP contribution in [-0.2, 0) is 28.6 Å². The molecule has 466 valence electrons. The summed E-state index contributed by atoms with van der Waals surface area (Å²) in [5, 5.41) is 0.